The Labute approximate surface area is 95.0 Å². The van der Waals surface area contributed by atoms with Crippen LogP contribution in [0, 0.1) is 0 Å². The molecular formula is C12H15N3O. The van der Waals surface area contributed by atoms with Gasteiger partial charge in [0.2, 0.25) is 11.9 Å². The van der Waals surface area contributed by atoms with Crippen LogP contribution in [0.3, 0.4) is 0 Å². The number of benzene rings is 1. The van der Waals surface area contributed by atoms with E-state index in [1.807, 2.05) is 18.2 Å². The summed E-state index contributed by atoms with van der Waals surface area (Å²) in [6, 6.07) is 10.2. The van der Waals surface area contributed by atoms with E-state index in [1.54, 1.807) is 0 Å². The van der Waals surface area contributed by atoms with Crippen LogP contribution in [-0.4, -0.2) is 29.9 Å². The largest absolute Gasteiger partial charge is 0.336 e. The molecule has 2 rings (SSSR count). The Bertz CT molecular complexity index is 400. The van der Waals surface area contributed by atoms with Gasteiger partial charge in [0.05, 0.1) is 6.54 Å². The number of amides is 1. The highest BCUT2D eigenvalue weighted by atomic mass is 16.1. The second-order valence-corrected chi connectivity index (χ2v) is 3.79. The van der Waals surface area contributed by atoms with Crippen LogP contribution >= 0.6 is 0 Å². The average Bonchev–Trinajstić information content (AvgIpc) is 2.66. The van der Waals surface area contributed by atoms with Gasteiger partial charge in [-0.2, -0.15) is 0 Å². The van der Waals surface area contributed by atoms with E-state index in [1.165, 1.54) is 12.5 Å². The van der Waals surface area contributed by atoms with Crippen molar-refractivity contribution in [3.05, 3.63) is 35.9 Å². The maximum atomic E-state index is 11.0. The third-order valence-electron chi connectivity index (χ3n) is 2.44. The van der Waals surface area contributed by atoms with Gasteiger partial charge in [0.25, 0.3) is 0 Å². The molecule has 4 nitrogen and oxygen atoms in total. The van der Waals surface area contributed by atoms with Gasteiger partial charge in [-0.1, -0.05) is 30.3 Å². The Balaban J connectivity index is 2.00. The fourth-order valence-corrected chi connectivity index (χ4v) is 1.72. The molecule has 0 fully saturated rings. The van der Waals surface area contributed by atoms with E-state index in [2.05, 4.69) is 27.3 Å². The molecule has 1 aromatic rings. The standard InChI is InChI=1S/C12H15N3O/c1-10(16)14-12-13-7-8-15(12)9-11-5-3-2-4-6-11/h2-6H,7-9H2,1H3,(H,13,14,16). The zero-order valence-corrected chi connectivity index (χ0v) is 9.31. The van der Waals surface area contributed by atoms with Gasteiger partial charge in [0.1, 0.15) is 0 Å². The molecule has 1 heterocycles. The number of hydrogen-bond acceptors (Lipinski definition) is 3. The van der Waals surface area contributed by atoms with E-state index in [4.69, 9.17) is 0 Å². The molecule has 0 saturated carbocycles. The summed E-state index contributed by atoms with van der Waals surface area (Å²) >= 11 is 0. The number of nitrogens with zero attached hydrogens (tertiary/aromatic N) is 2. The molecule has 1 aliphatic rings. The van der Waals surface area contributed by atoms with E-state index in [0.717, 1.165) is 19.6 Å². The minimum Gasteiger partial charge on any atom is -0.336 e. The van der Waals surface area contributed by atoms with Crippen molar-refractivity contribution in [1.82, 2.24) is 10.2 Å². The van der Waals surface area contributed by atoms with Crippen LogP contribution in [0.5, 0.6) is 0 Å². The second kappa shape index (κ2) is 4.79. The molecule has 0 aliphatic carbocycles. The molecule has 84 valence electrons. The van der Waals surface area contributed by atoms with Gasteiger partial charge in [-0.05, 0) is 5.56 Å². The second-order valence-electron chi connectivity index (χ2n) is 3.79. The summed E-state index contributed by atoms with van der Waals surface area (Å²) < 4.78 is 0. The van der Waals surface area contributed by atoms with Gasteiger partial charge >= 0.3 is 0 Å². The van der Waals surface area contributed by atoms with Crippen LogP contribution in [0.2, 0.25) is 0 Å². The van der Waals surface area contributed by atoms with Crippen molar-refractivity contribution < 1.29 is 4.79 Å². The molecule has 0 spiro atoms. The highest BCUT2D eigenvalue weighted by Crippen LogP contribution is 2.07. The molecule has 16 heavy (non-hydrogen) atoms. The van der Waals surface area contributed by atoms with Crippen molar-refractivity contribution in [1.29, 1.82) is 0 Å². The monoisotopic (exact) mass is 217 g/mol. The smallest absolute Gasteiger partial charge is 0.223 e. The van der Waals surface area contributed by atoms with Crippen molar-refractivity contribution in [2.45, 2.75) is 13.5 Å². The van der Waals surface area contributed by atoms with E-state index in [0.29, 0.717) is 5.96 Å². The Morgan fingerprint density at radius 1 is 1.44 bits per heavy atom. The lowest BCUT2D eigenvalue weighted by Crippen LogP contribution is -2.40. The number of carbonyl (C=O) groups is 1. The Morgan fingerprint density at radius 3 is 2.88 bits per heavy atom. The lowest BCUT2D eigenvalue weighted by atomic mass is 10.2. The molecule has 0 aromatic heterocycles. The summed E-state index contributed by atoms with van der Waals surface area (Å²) in [7, 11) is 0. The van der Waals surface area contributed by atoms with E-state index >= 15 is 0 Å². The number of aliphatic imine (C=N–C) groups is 1. The van der Waals surface area contributed by atoms with E-state index < -0.39 is 0 Å². The van der Waals surface area contributed by atoms with Crippen molar-refractivity contribution in [2.24, 2.45) is 4.99 Å². The first kappa shape index (κ1) is 10.7. The lowest BCUT2D eigenvalue weighted by molar-refractivity contribution is -0.117. The molecule has 4 heteroatoms. The van der Waals surface area contributed by atoms with Gasteiger partial charge in [0.15, 0.2) is 0 Å². The fraction of sp³-hybridized carbons (Fsp3) is 0.333. The van der Waals surface area contributed by atoms with Crippen molar-refractivity contribution in [3.63, 3.8) is 0 Å². The molecule has 1 amide bonds. The van der Waals surface area contributed by atoms with Crippen LogP contribution in [0.1, 0.15) is 12.5 Å². The first-order chi connectivity index (χ1) is 7.75. The summed E-state index contributed by atoms with van der Waals surface area (Å²) in [5.74, 6) is 0.620. The van der Waals surface area contributed by atoms with Crippen molar-refractivity contribution in [2.75, 3.05) is 13.1 Å². The number of hydrogen-bond donors (Lipinski definition) is 1. The topological polar surface area (TPSA) is 44.7 Å². The highest BCUT2D eigenvalue weighted by molar-refractivity contribution is 5.96. The Morgan fingerprint density at radius 2 is 2.19 bits per heavy atom. The van der Waals surface area contributed by atoms with E-state index in [-0.39, 0.29) is 5.91 Å². The minimum absolute atomic E-state index is 0.0706. The first-order valence-electron chi connectivity index (χ1n) is 5.36. The molecule has 1 aliphatic heterocycles. The summed E-state index contributed by atoms with van der Waals surface area (Å²) in [5.41, 5.74) is 1.22. The first-order valence-corrected chi connectivity index (χ1v) is 5.36. The maximum Gasteiger partial charge on any atom is 0.223 e. The maximum absolute atomic E-state index is 11.0. The van der Waals surface area contributed by atoms with Crippen LogP contribution in [0.4, 0.5) is 0 Å². The highest BCUT2D eigenvalue weighted by Gasteiger charge is 2.17. The molecule has 0 atom stereocenters. The average molecular weight is 217 g/mol. The predicted molar refractivity (Wildman–Crippen MR) is 63.0 cm³/mol. The van der Waals surface area contributed by atoms with Gasteiger partial charge in [0, 0.05) is 20.0 Å². The predicted octanol–water partition coefficient (Wildman–Crippen LogP) is 0.994. The third kappa shape index (κ3) is 2.59. The normalized spacial score (nSPS) is 14.8. The summed E-state index contributed by atoms with van der Waals surface area (Å²) in [4.78, 5) is 17.3. The van der Waals surface area contributed by atoms with Gasteiger partial charge in [-0.25, -0.2) is 0 Å². The van der Waals surface area contributed by atoms with Crippen LogP contribution in [-0.2, 0) is 11.3 Å². The summed E-state index contributed by atoms with van der Waals surface area (Å²) in [6.45, 7) is 3.91. The van der Waals surface area contributed by atoms with Crippen molar-refractivity contribution in [3.8, 4) is 0 Å². The van der Waals surface area contributed by atoms with E-state index in [9.17, 15) is 4.79 Å². The molecule has 0 bridgehead atoms. The summed E-state index contributed by atoms with van der Waals surface area (Å²) in [5, 5.41) is 2.75. The van der Waals surface area contributed by atoms with Crippen LogP contribution < -0.4 is 5.32 Å². The number of guanidine groups is 1. The zero-order valence-electron chi connectivity index (χ0n) is 9.31. The van der Waals surface area contributed by atoms with Gasteiger partial charge < -0.3 is 4.90 Å². The number of rotatable bonds is 2. The molecule has 0 radical (unpaired) electrons. The molecule has 0 saturated heterocycles. The molecule has 1 aromatic carbocycles. The zero-order chi connectivity index (χ0) is 11.4. The fourth-order valence-electron chi connectivity index (χ4n) is 1.72. The Hall–Kier alpha value is -1.84. The number of carbonyl (C=O) groups excluding carboxylic acids is 1. The van der Waals surface area contributed by atoms with Crippen molar-refractivity contribution >= 4 is 11.9 Å². The Kier molecular flexibility index (Phi) is 3.19. The van der Waals surface area contributed by atoms with Crippen LogP contribution in [0.15, 0.2) is 35.3 Å². The van der Waals surface area contributed by atoms with Crippen LogP contribution in [0.25, 0.3) is 0 Å². The van der Waals surface area contributed by atoms with Gasteiger partial charge in [-0.15, -0.1) is 0 Å². The minimum atomic E-state index is -0.0706. The SMILES string of the molecule is CC(=O)NC1=NCCN1Cc1ccccc1. The summed E-state index contributed by atoms with van der Waals surface area (Å²) in [6.07, 6.45) is 0. The quantitative estimate of drug-likeness (QED) is 0.803. The van der Waals surface area contributed by atoms with Gasteiger partial charge in [-0.3, -0.25) is 15.1 Å². The lowest BCUT2D eigenvalue weighted by Gasteiger charge is -2.19. The molecule has 1 N–H and O–H groups in total. The third-order valence-corrected chi connectivity index (χ3v) is 2.44. The molecule has 0 unspecified atom stereocenters. The molecular weight excluding hydrogens is 202 g/mol. The number of nitrogens with one attached hydrogen (secondary N) is 1.